The van der Waals surface area contributed by atoms with Gasteiger partial charge in [-0.1, -0.05) is 0 Å². The Morgan fingerprint density at radius 2 is 2.10 bits per heavy atom. The first kappa shape index (κ1) is 32.3. The molecule has 2 aliphatic rings. The molecule has 1 aliphatic carbocycles. The van der Waals surface area contributed by atoms with Crippen molar-refractivity contribution in [3.8, 4) is 11.5 Å². The predicted octanol–water partition coefficient (Wildman–Crippen LogP) is 1.71. The molecule has 40 heavy (non-hydrogen) atoms. The molecule has 0 bridgehead atoms. The smallest absolute Gasteiger partial charge is 0.247 e. The summed E-state index contributed by atoms with van der Waals surface area (Å²) in [7, 11) is 1.44. The summed E-state index contributed by atoms with van der Waals surface area (Å²) in [5.41, 5.74) is 0.723. The Labute approximate surface area is 248 Å². The van der Waals surface area contributed by atoms with E-state index in [1.54, 1.807) is 17.0 Å². The molecule has 1 fully saturated rings. The van der Waals surface area contributed by atoms with Crippen LogP contribution in [0.5, 0.6) is 11.5 Å². The number of nitrogens with one attached hydrogen (secondary N) is 1. The Morgan fingerprint density at radius 3 is 2.73 bits per heavy atom. The second-order valence-electron chi connectivity index (χ2n) is 10.0. The Hall–Kier alpha value is -2.26. The number of aliphatic hydroxyl groups is 2. The number of ether oxygens (including phenoxy) is 4. The van der Waals surface area contributed by atoms with E-state index in [0.29, 0.717) is 71.7 Å². The molecule has 0 radical (unpaired) electrons. The summed E-state index contributed by atoms with van der Waals surface area (Å²) in [6, 6.07) is 2.39. The summed E-state index contributed by atoms with van der Waals surface area (Å²) in [5, 5.41) is 23.5. The number of amides is 2. The molecule has 1 aliphatic heterocycles. The van der Waals surface area contributed by atoms with Crippen molar-refractivity contribution in [2.45, 2.75) is 57.5 Å². The molecule has 222 valence electrons. The number of halogens is 1. The normalized spacial score (nSPS) is 22.5. The minimum Gasteiger partial charge on any atom is -0.493 e. The van der Waals surface area contributed by atoms with Crippen LogP contribution in [-0.4, -0.2) is 104 Å². The van der Waals surface area contributed by atoms with Gasteiger partial charge in [-0.15, -0.1) is 0 Å². The van der Waals surface area contributed by atoms with Gasteiger partial charge < -0.3 is 39.4 Å². The van der Waals surface area contributed by atoms with Gasteiger partial charge in [0.05, 0.1) is 42.0 Å². The van der Waals surface area contributed by atoms with Crippen molar-refractivity contribution >= 4 is 40.7 Å². The first-order chi connectivity index (χ1) is 19.2. The fraction of sp³-hybridized carbons (Fsp3) is 0.607. The van der Waals surface area contributed by atoms with Crippen LogP contribution in [0.15, 0.2) is 23.8 Å². The number of aldehydes is 1. The highest BCUT2D eigenvalue weighted by Crippen LogP contribution is 2.37. The quantitative estimate of drug-likeness (QED) is 0.153. The molecule has 0 spiro atoms. The lowest BCUT2D eigenvalue weighted by molar-refractivity contribution is -0.143. The van der Waals surface area contributed by atoms with Crippen molar-refractivity contribution in [3.05, 3.63) is 32.9 Å². The average molecular weight is 675 g/mol. The van der Waals surface area contributed by atoms with E-state index in [9.17, 15) is 24.6 Å². The molecule has 0 aromatic heterocycles. The predicted molar refractivity (Wildman–Crippen MR) is 154 cm³/mol. The summed E-state index contributed by atoms with van der Waals surface area (Å²) in [6.45, 7) is 5.24. The molecule has 1 aromatic rings. The standard InChI is InChI=1S/C28H39IN2O9/c1-17(2)39-9-4-7-31(28(36)19-5-10-38-16-19)22-13-20(27(35)30-6-8-32)14-23(25(22)34)40-26-21(29)11-18(15-33)12-24(26)37-3/h11-12,14-15,17,19,22-23,25,32,34H,4-10,13,16H2,1-3H3,(H,30,35). The monoisotopic (exact) mass is 674 g/mol. The van der Waals surface area contributed by atoms with Crippen molar-refractivity contribution in [2.75, 3.05) is 46.6 Å². The zero-order valence-corrected chi connectivity index (χ0v) is 25.3. The van der Waals surface area contributed by atoms with E-state index in [1.807, 2.05) is 36.4 Å². The van der Waals surface area contributed by atoms with Gasteiger partial charge in [0, 0.05) is 43.9 Å². The highest BCUT2D eigenvalue weighted by Gasteiger charge is 2.42. The maximum Gasteiger partial charge on any atom is 0.247 e. The van der Waals surface area contributed by atoms with Crippen molar-refractivity contribution in [3.63, 3.8) is 0 Å². The molecule has 0 saturated carbocycles. The lowest BCUT2D eigenvalue weighted by Gasteiger charge is -2.41. The third kappa shape index (κ3) is 8.38. The third-order valence-corrected chi connectivity index (χ3v) is 7.61. The Kier molecular flexibility index (Phi) is 12.6. The number of methoxy groups -OCH3 is 1. The van der Waals surface area contributed by atoms with Gasteiger partial charge >= 0.3 is 0 Å². The van der Waals surface area contributed by atoms with Crippen LogP contribution in [0.2, 0.25) is 0 Å². The summed E-state index contributed by atoms with van der Waals surface area (Å²) in [4.78, 5) is 39.7. The van der Waals surface area contributed by atoms with E-state index in [4.69, 9.17) is 18.9 Å². The van der Waals surface area contributed by atoms with Gasteiger partial charge in [0.2, 0.25) is 11.8 Å². The zero-order valence-electron chi connectivity index (χ0n) is 23.1. The second kappa shape index (κ2) is 15.7. The zero-order chi connectivity index (χ0) is 29.2. The van der Waals surface area contributed by atoms with E-state index < -0.39 is 24.2 Å². The van der Waals surface area contributed by atoms with Gasteiger partial charge in [-0.3, -0.25) is 14.4 Å². The number of nitrogens with zero attached hydrogens (tertiary/aromatic N) is 1. The first-order valence-electron chi connectivity index (χ1n) is 13.5. The fourth-order valence-electron chi connectivity index (χ4n) is 4.80. The number of hydrogen-bond acceptors (Lipinski definition) is 9. The van der Waals surface area contributed by atoms with Crippen LogP contribution in [0.4, 0.5) is 0 Å². The van der Waals surface area contributed by atoms with Crippen molar-refractivity contribution in [1.29, 1.82) is 0 Å². The summed E-state index contributed by atoms with van der Waals surface area (Å²) < 4.78 is 23.4. The topological polar surface area (TPSA) is 144 Å². The average Bonchev–Trinajstić information content (AvgIpc) is 3.48. The minimum atomic E-state index is -1.18. The number of carbonyl (C=O) groups is 3. The molecular weight excluding hydrogens is 635 g/mol. The Morgan fingerprint density at radius 1 is 1.32 bits per heavy atom. The molecule has 1 saturated heterocycles. The number of rotatable bonds is 14. The summed E-state index contributed by atoms with van der Waals surface area (Å²) >= 11 is 2.02. The Bertz CT molecular complexity index is 1060. The Balaban J connectivity index is 1.96. The van der Waals surface area contributed by atoms with Crippen LogP contribution in [0.25, 0.3) is 0 Å². The van der Waals surface area contributed by atoms with Gasteiger partial charge in [0.25, 0.3) is 0 Å². The van der Waals surface area contributed by atoms with Gasteiger partial charge in [0.15, 0.2) is 11.5 Å². The molecule has 1 aromatic carbocycles. The van der Waals surface area contributed by atoms with E-state index in [1.165, 1.54) is 13.2 Å². The highest BCUT2D eigenvalue weighted by molar-refractivity contribution is 14.1. The number of hydrogen-bond donors (Lipinski definition) is 3. The van der Waals surface area contributed by atoms with Crippen LogP contribution in [0.3, 0.4) is 0 Å². The van der Waals surface area contributed by atoms with E-state index in [2.05, 4.69) is 5.32 Å². The van der Waals surface area contributed by atoms with Crippen molar-refractivity contribution < 1.29 is 43.5 Å². The lowest BCUT2D eigenvalue weighted by atomic mass is 9.87. The molecule has 3 rings (SSSR count). The molecule has 4 atom stereocenters. The SMILES string of the molecule is COc1cc(C=O)cc(I)c1OC1C=C(C(=O)NCCO)CC(N(CCCOC(C)C)C(=O)C2CCOC2)C1O. The van der Waals surface area contributed by atoms with Crippen LogP contribution >= 0.6 is 22.6 Å². The van der Waals surface area contributed by atoms with Crippen LogP contribution in [-0.2, 0) is 19.1 Å². The number of aliphatic hydroxyl groups excluding tert-OH is 2. The van der Waals surface area contributed by atoms with E-state index in [0.717, 1.165) is 0 Å². The largest absolute Gasteiger partial charge is 0.493 e. The van der Waals surface area contributed by atoms with Gasteiger partial charge in [-0.2, -0.15) is 0 Å². The van der Waals surface area contributed by atoms with Crippen LogP contribution < -0.4 is 14.8 Å². The molecule has 12 heteroatoms. The number of carbonyl (C=O) groups excluding carboxylic acids is 3. The maximum absolute atomic E-state index is 13.7. The summed E-state index contributed by atoms with van der Waals surface area (Å²) in [6.07, 6.45) is 1.31. The van der Waals surface area contributed by atoms with Crippen LogP contribution in [0.1, 0.15) is 43.5 Å². The molecular formula is C28H39IN2O9. The lowest BCUT2D eigenvalue weighted by Crippen LogP contribution is -2.56. The molecule has 3 N–H and O–H groups in total. The van der Waals surface area contributed by atoms with Crippen LogP contribution in [0, 0.1) is 9.49 Å². The fourth-order valence-corrected chi connectivity index (χ4v) is 5.55. The molecule has 1 heterocycles. The van der Waals surface area contributed by atoms with E-state index in [-0.39, 0.29) is 37.5 Å². The van der Waals surface area contributed by atoms with Gasteiger partial charge in [-0.05, 0) is 67.5 Å². The third-order valence-electron chi connectivity index (χ3n) is 6.81. The molecule has 4 unspecified atom stereocenters. The second-order valence-corrected chi connectivity index (χ2v) is 11.2. The van der Waals surface area contributed by atoms with E-state index >= 15 is 0 Å². The van der Waals surface area contributed by atoms with Gasteiger partial charge in [-0.25, -0.2) is 0 Å². The molecule has 2 amide bonds. The molecule has 11 nitrogen and oxygen atoms in total. The highest BCUT2D eigenvalue weighted by atomic mass is 127. The number of benzene rings is 1. The van der Waals surface area contributed by atoms with Crippen molar-refractivity contribution in [1.82, 2.24) is 10.2 Å². The summed E-state index contributed by atoms with van der Waals surface area (Å²) in [5.74, 6) is -0.309. The first-order valence-corrected chi connectivity index (χ1v) is 14.5. The maximum atomic E-state index is 13.7. The van der Waals surface area contributed by atoms with Crippen molar-refractivity contribution in [2.24, 2.45) is 5.92 Å². The minimum absolute atomic E-state index is 0.0400. The van der Waals surface area contributed by atoms with Gasteiger partial charge in [0.1, 0.15) is 18.5 Å².